The zero-order valence-corrected chi connectivity index (χ0v) is 16.6. The topological polar surface area (TPSA) is 48.6 Å². The van der Waals surface area contributed by atoms with Gasteiger partial charge in [0, 0.05) is 30.7 Å². The first-order valence-corrected chi connectivity index (χ1v) is 10.1. The number of ether oxygens (including phenoxy) is 1. The van der Waals surface area contributed by atoms with Crippen molar-refractivity contribution < 1.29 is 4.74 Å². The monoisotopic (exact) mass is 387 g/mol. The number of hydrogen-bond acceptors (Lipinski definition) is 5. The number of hydrogen-bond donors (Lipinski definition) is 0. The number of nitrogens with zero attached hydrogens (tertiary/aromatic N) is 3. The Balaban J connectivity index is 1.55. The largest absolute Gasteiger partial charge is 0.497 e. The first kappa shape index (κ1) is 18.4. The Morgan fingerprint density at radius 1 is 1.21 bits per heavy atom. The number of fused-ring (bicyclic) bond motifs is 1. The van der Waals surface area contributed by atoms with Gasteiger partial charge in [-0.15, -0.1) is 11.3 Å². The van der Waals surface area contributed by atoms with E-state index >= 15 is 0 Å². The van der Waals surface area contributed by atoms with Crippen LogP contribution in [0.15, 0.2) is 59.6 Å². The summed E-state index contributed by atoms with van der Waals surface area (Å²) in [4.78, 5) is 8.33. The molecule has 1 aliphatic heterocycles. The van der Waals surface area contributed by atoms with Crippen LogP contribution in [0.4, 0.5) is 5.00 Å². The van der Waals surface area contributed by atoms with Crippen LogP contribution in [0.25, 0.3) is 0 Å². The highest BCUT2D eigenvalue weighted by molar-refractivity contribution is 7.16. The fourth-order valence-corrected chi connectivity index (χ4v) is 4.66. The summed E-state index contributed by atoms with van der Waals surface area (Å²) in [6, 6.07) is 20.7. The van der Waals surface area contributed by atoms with Gasteiger partial charge in [-0.2, -0.15) is 5.26 Å². The molecule has 4 rings (SSSR count). The van der Waals surface area contributed by atoms with Gasteiger partial charge in [0.05, 0.1) is 12.7 Å². The first-order chi connectivity index (χ1) is 13.8. The normalized spacial score (nSPS) is 14.0. The first-order valence-electron chi connectivity index (χ1n) is 9.26. The summed E-state index contributed by atoms with van der Waals surface area (Å²) in [7, 11) is 1.65. The van der Waals surface area contributed by atoms with Crippen molar-refractivity contribution in [2.75, 3.05) is 13.7 Å². The maximum atomic E-state index is 9.69. The quantitative estimate of drug-likeness (QED) is 0.583. The average molecular weight is 388 g/mol. The summed E-state index contributed by atoms with van der Waals surface area (Å²) in [6.45, 7) is 2.77. The molecule has 0 amide bonds. The lowest BCUT2D eigenvalue weighted by atomic mass is 10.0. The minimum atomic E-state index is 0.735. The number of benzene rings is 2. The Morgan fingerprint density at radius 3 is 2.86 bits per heavy atom. The van der Waals surface area contributed by atoms with E-state index in [1.165, 1.54) is 16.0 Å². The van der Waals surface area contributed by atoms with E-state index in [0.29, 0.717) is 0 Å². The molecular formula is C23H21N3OS. The molecule has 0 atom stereocenters. The molecule has 28 heavy (non-hydrogen) atoms. The summed E-state index contributed by atoms with van der Waals surface area (Å²) in [5, 5.41) is 10.5. The minimum absolute atomic E-state index is 0.735. The minimum Gasteiger partial charge on any atom is -0.497 e. The van der Waals surface area contributed by atoms with Crippen LogP contribution < -0.4 is 4.74 Å². The maximum Gasteiger partial charge on any atom is 0.134 e. The molecule has 0 saturated heterocycles. The second kappa shape index (κ2) is 8.39. The van der Waals surface area contributed by atoms with Gasteiger partial charge < -0.3 is 4.74 Å². The highest BCUT2D eigenvalue weighted by Gasteiger charge is 2.24. The molecule has 3 aromatic rings. The fourth-order valence-electron chi connectivity index (χ4n) is 3.48. The highest BCUT2D eigenvalue weighted by Crippen LogP contribution is 2.38. The van der Waals surface area contributed by atoms with Crippen LogP contribution in [0.3, 0.4) is 0 Å². The Bertz CT molecular complexity index is 1030. The van der Waals surface area contributed by atoms with Gasteiger partial charge in [-0.05, 0) is 35.2 Å². The molecule has 0 radical (unpaired) electrons. The molecule has 4 nitrogen and oxygen atoms in total. The van der Waals surface area contributed by atoms with Crippen molar-refractivity contribution in [2.45, 2.75) is 19.5 Å². The number of thiophene rings is 1. The van der Waals surface area contributed by atoms with Crippen LogP contribution in [0.1, 0.15) is 27.1 Å². The van der Waals surface area contributed by atoms with Crippen molar-refractivity contribution in [1.82, 2.24) is 4.90 Å². The van der Waals surface area contributed by atoms with Crippen molar-refractivity contribution in [2.24, 2.45) is 4.99 Å². The maximum absolute atomic E-state index is 9.69. The van der Waals surface area contributed by atoms with Gasteiger partial charge in [-0.25, -0.2) is 4.99 Å². The third-order valence-corrected chi connectivity index (χ3v) is 6.03. The standard InChI is InChI=1S/C23H21N3OS/c1-27-19-9-5-8-18(12-19)14-25-23-21(13-24)20-10-11-26(16-22(20)28-23)15-17-6-3-2-4-7-17/h2-9,12,14H,10-11,15-16H2,1H3. The molecule has 0 N–H and O–H groups in total. The molecule has 0 fully saturated rings. The van der Waals surface area contributed by atoms with Gasteiger partial charge in [-0.3, -0.25) is 4.90 Å². The van der Waals surface area contributed by atoms with Crippen LogP contribution in [0, 0.1) is 11.3 Å². The van der Waals surface area contributed by atoms with Gasteiger partial charge in [0.15, 0.2) is 0 Å². The second-order valence-electron chi connectivity index (χ2n) is 6.78. The van der Waals surface area contributed by atoms with E-state index in [0.717, 1.165) is 47.9 Å². The molecule has 5 heteroatoms. The second-order valence-corrected chi connectivity index (χ2v) is 7.86. The SMILES string of the molecule is COc1cccc(C=Nc2sc3c(c2C#N)CCN(Cc2ccccc2)C3)c1. The zero-order chi connectivity index (χ0) is 19.3. The van der Waals surface area contributed by atoms with Gasteiger partial charge >= 0.3 is 0 Å². The smallest absolute Gasteiger partial charge is 0.134 e. The number of nitriles is 1. The van der Waals surface area contributed by atoms with Gasteiger partial charge in [0.2, 0.25) is 0 Å². The molecule has 2 heterocycles. The summed E-state index contributed by atoms with van der Waals surface area (Å²) < 4.78 is 5.26. The number of rotatable bonds is 5. The van der Waals surface area contributed by atoms with Crippen molar-refractivity contribution >= 4 is 22.6 Å². The lowest BCUT2D eigenvalue weighted by Gasteiger charge is -2.26. The van der Waals surface area contributed by atoms with E-state index in [-0.39, 0.29) is 0 Å². The molecule has 0 spiro atoms. The summed E-state index contributed by atoms with van der Waals surface area (Å²) >= 11 is 1.64. The molecule has 2 aromatic carbocycles. The van der Waals surface area contributed by atoms with Crippen molar-refractivity contribution in [3.8, 4) is 11.8 Å². The van der Waals surface area contributed by atoms with E-state index in [1.807, 2.05) is 36.5 Å². The van der Waals surface area contributed by atoms with Gasteiger partial charge in [0.25, 0.3) is 0 Å². The Labute approximate surface area is 169 Å². The Morgan fingerprint density at radius 2 is 2.07 bits per heavy atom. The molecule has 0 aliphatic carbocycles. The van der Waals surface area contributed by atoms with Crippen LogP contribution in [-0.2, 0) is 19.5 Å². The molecule has 0 unspecified atom stereocenters. The van der Waals surface area contributed by atoms with E-state index in [4.69, 9.17) is 4.74 Å². The molecular weight excluding hydrogens is 366 g/mol. The third-order valence-electron chi connectivity index (χ3n) is 4.90. The zero-order valence-electron chi connectivity index (χ0n) is 15.8. The van der Waals surface area contributed by atoms with Crippen molar-refractivity contribution in [3.05, 3.63) is 81.7 Å². The Kier molecular flexibility index (Phi) is 5.52. The average Bonchev–Trinajstić information content (AvgIpc) is 3.10. The molecule has 1 aromatic heterocycles. The lowest BCUT2D eigenvalue weighted by Crippen LogP contribution is -2.29. The molecule has 0 bridgehead atoms. The third kappa shape index (κ3) is 3.99. The highest BCUT2D eigenvalue weighted by atomic mass is 32.1. The summed E-state index contributed by atoms with van der Waals surface area (Å²) in [5.41, 5.74) is 4.19. The molecule has 140 valence electrons. The predicted molar refractivity (Wildman–Crippen MR) is 114 cm³/mol. The molecule has 1 aliphatic rings. The van der Waals surface area contributed by atoms with Crippen LogP contribution in [0.2, 0.25) is 0 Å². The van der Waals surface area contributed by atoms with Gasteiger partial charge in [0.1, 0.15) is 16.8 Å². The lowest BCUT2D eigenvalue weighted by molar-refractivity contribution is 0.249. The summed E-state index contributed by atoms with van der Waals surface area (Å²) in [5.74, 6) is 0.798. The van der Waals surface area contributed by atoms with Crippen molar-refractivity contribution in [1.29, 1.82) is 5.26 Å². The number of methoxy groups -OCH3 is 1. The molecule has 0 saturated carbocycles. The van der Waals surface area contributed by atoms with E-state index in [1.54, 1.807) is 18.4 Å². The van der Waals surface area contributed by atoms with Crippen LogP contribution in [-0.4, -0.2) is 24.8 Å². The van der Waals surface area contributed by atoms with Crippen molar-refractivity contribution in [3.63, 3.8) is 0 Å². The fraction of sp³-hybridized carbons (Fsp3) is 0.217. The van der Waals surface area contributed by atoms with E-state index in [2.05, 4.69) is 40.2 Å². The van der Waals surface area contributed by atoms with Crippen LogP contribution in [0.5, 0.6) is 5.75 Å². The van der Waals surface area contributed by atoms with Gasteiger partial charge in [-0.1, -0.05) is 42.5 Å². The van der Waals surface area contributed by atoms with E-state index < -0.39 is 0 Å². The Hall–Kier alpha value is -2.94. The van der Waals surface area contributed by atoms with E-state index in [9.17, 15) is 5.26 Å². The summed E-state index contributed by atoms with van der Waals surface area (Å²) in [6.07, 6.45) is 2.71. The number of aliphatic imine (C=N–C) groups is 1. The van der Waals surface area contributed by atoms with Crippen LogP contribution >= 0.6 is 11.3 Å². The predicted octanol–water partition coefficient (Wildman–Crippen LogP) is 4.94.